The molecule has 3 fully saturated rings. The van der Waals surface area contributed by atoms with Gasteiger partial charge in [-0.15, -0.1) is 0 Å². The molecule has 0 amide bonds. The van der Waals surface area contributed by atoms with Crippen molar-refractivity contribution in [2.45, 2.75) is 44.3 Å². The van der Waals surface area contributed by atoms with Crippen LogP contribution >= 0.6 is 0 Å². The fraction of sp³-hybridized carbons (Fsp3) is 1.00. The lowest BCUT2D eigenvalue weighted by Gasteiger charge is -2.34. The third-order valence-electron chi connectivity index (χ3n) is 2.62. The molecule has 0 aliphatic carbocycles. The average Bonchev–Trinajstić information content (AvgIpc) is 1.91. The van der Waals surface area contributed by atoms with Crippen LogP contribution in [0.5, 0.6) is 0 Å². The van der Waals surface area contributed by atoms with E-state index in [1.54, 1.807) is 0 Å². The van der Waals surface area contributed by atoms with Gasteiger partial charge in [-0.3, -0.25) is 0 Å². The first kappa shape index (κ1) is 6.62. The Bertz CT molecular complexity index is 136. The lowest BCUT2D eigenvalue weighted by Crippen LogP contribution is -2.53. The Kier molecular flexibility index (Phi) is 1.29. The molecular formula is C8H16N2. The zero-order valence-corrected chi connectivity index (χ0v) is 6.78. The van der Waals surface area contributed by atoms with Crippen molar-refractivity contribution in [3.8, 4) is 0 Å². The van der Waals surface area contributed by atoms with Crippen LogP contribution in [-0.4, -0.2) is 24.2 Å². The summed E-state index contributed by atoms with van der Waals surface area (Å²) in [5, 5.41) is 7.08. The number of hydrogen-bond donors (Lipinski definition) is 2. The van der Waals surface area contributed by atoms with Crippen LogP contribution < -0.4 is 10.6 Å². The van der Waals surface area contributed by atoms with Crippen molar-refractivity contribution in [2.75, 3.05) is 6.54 Å². The summed E-state index contributed by atoms with van der Waals surface area (Å²) in [5.41, 5.74) is 0.364. The molecule has 3 aliphatic rings. The van der Waals surface area contributed by atoms with Crippen LogP contribution in [0, 0.1) is 0 Å². The van der Waals surface area contributed by atoms with Crippen LogP contribution in [0.15, 0.2) is 0 Å². The molecule has 2 bridgehead atoms. The van der Waals surface area contributed by atoms with E-state index in [4.69, 9.17) is 0 Å². The highest BCUT2D eigenvalue weighted by molar-refractivity contribution is 5.00. The normalized spacial score (nSPS) is 43.8. The van der Waals surface area contributed by atoms with E-state index in [2.05, 4.69) is 24.5 Å². The number of fused-ring (bicyclic) bond motifs is 3. The van der Waals surface area contributed by atoms with Crippen LogP contribution in [0.2, 0.25) is 0 Å². The van der Waals surface area contributed by atoms with Crippen molar-refractivity contribution in [3.05, 3.63) is 0 Å². The summed E-state index contributed by atoms with van der Waals surface area (Å²) in [6.07, 6.45) is 2.67. The molecule has 0 aromatic carbocycles. The first-order chi connectivity index (χ1) is 4.66. The molecule has 3 heterocycles. The largest absolute Gasteiger partial charge is 0.310 e. The summed E-state index contributed by atoms with van der Waals surface area (Å²) in [6.45, 7) is 5.73. The predicted molar refractivity (Wildman–Crippen MR) is 42.0 cm³/mol. The van der Waals surface area contributed by atoms with Gasteiger partial charge in [0.15, 0.2) is 0 Å². The molecule has 3 aliphatic heterocycles. The zero-order valence-electron chi connectivity index (χ0n) is 6.78. The van der Waals surface area contributed by atoms with Gasteiger partial charge in [-0.1, -0.05) is 0 Å². The van der Waals surface area contributed by atoms with E-state index in [0.29, 0.717) is 5.54 Å². The van der Waals surface area contributed by atoms with E-state index in [0.717, 1.165) is 18.6 Å². The smallest absolute Gasteiger partial charge is 0.0210 e. The second-order valence-electron chi connectivity index (χ2n) is 4.27. The first-order valence-corrected chi connectivity index (χ1v) is 4.17. The van der Waals surface area contributed by atoms with Gasteiger partial charge < -0.3 is 10.6 Å². The van der Waals surface area contributed by atoms with Gasteiger partial charge in [0.05, 0.1) is 0 Å². The fourth-order valence-corrected chi connectivity index (χ4v) is 2.02. The average molecular weight is 140 g/mol. The standard InChI is InChI=1S/C8H16N2/c1-8(2)4-6-3-7(10-6)5-9-8/h6-7,9-10H,3-5H2,1-2H3. The lowest BCUT2D eigenvalue weighted by molar-refractivity contribution is 0.268. The van der Waals surface area contributed by atoms with Crippen LogP contribution in [0.4, 0.5) is 0 Å². The van der Waals surface area contributed by atoms with Crippen molar-refractivity contribution >= 4 is 0 Å². The molecule has 2 atom stereocenters. The minimum absolute atomic E-state index is 0.364. The Morgan fingerprint density at radius 1 is 1.30 bits per heavy atom. The quantitative estimate of drug-likeness (QED) is 0.511. The number of nitrogens with one attached hydrogen (secondary N) is 2. The minimum atomic E-state index is 0.364. The van der Waals surface area contributed by atoms with Crippen LogP contribution in [-0.2, 0) is 0 Å². The molecule has 10 heavy (non-hydrogen) atoms. The van der Waals surface area contributed by atoms with Crippen molar-refractivity contribution in [3.63, 3.8) is 0 Å². The molecule has 0 spiro atoms. The second-order valence-corrected chi connectivity index (χ2v) is 4.27. The zero-order chi connectivity index (χ0) is 7.19. The molecular weight excluding hydrogens is 124 g/mol. The highest BCUT2D eigenvalue weighted by atomic mass is 15.1. The van der Waals surface area contributed by atoms with Crippen LogP contribution in [0.25, 0.3) is 0 Å². The van der Waals surface area contributed by atoms with Gasteiger partial charge in [0.2, 0.25) is 0 Å². The van der Waals surface area contributed by atoms with Crippen LogP contribution in [0.3, 0.4) is 0 Å². The highest BCUT2D eigenvalue weighted by Crippen LogP contribution is 2.25. The van der Waals surface area contributed by atoms with E-state index in [9.17, 15) is 0 Å². The van der Waals surface area contributed by atoms with Crippen LogP contribution in [0.1, 0.15) is 26.7 Å². The van der Waals surface area contributed by atoms with Gasteiger partial charge in [-0.2, -0.15) is 0 Å². The first-order valence-electron chi connectivity index (χ1n) is 4.17. The fourth-order valence-electron chi connectivity index (χ4n) is 2.02. The summed E-state index contributed by atoms with van der Waals surface area (Å²) < 4.78 is 0. The summed E-state index contributed by atoms with van der Waals surface area (Å²) >= 11 is 0. The summed E-state index contributed by atoms with van der Waals surface area (Å²) in [6, 6.07) is 1.57. The maximum atomic E-state index is 3.55. The molecule has 0 radical (unpaired) electrons. The van der Waals surface area contributed by atoms with Crippen molar-refractivity contribution in [1.82, 2.24) is 10.6 Å². The molecule has 0 aromatic rings. The van der Waals surface area contributed by atoms with Gasteiger partial charge >= 0.3 is 0 Å². The molecule has 0 saturated carbocycles. The Balaban J connectivity index is 2.03. The van der Waals surface area contributed by atoms with E-state index >= 15 is 0 Å². The summed E-state index contributed by atoms with van der Waals surface area (Å²) in [5.74, 6) is 0. The number of hydrogen-bond acceptors (Lipinski definition) is 2. The minimum Gasteiger partial charge on any atom is -0.310 e. The van der Waals surface area contributed by atoms with Crippen molar-refractivity contribution in [1.29, 1.82) is 0 Å². The van der Waals surface area contributed by atoms with Gasteiger partial charge in [-0.25, -0.2) is 0 Å². The monoisotopic (exact) mass is 140 g/mol. The lowest BCUT2D eigenvalue weighted by atomic mass is 9.90. The second kappa shape index (κ2) is 1.95. The molecule has 3 saturated heterocycles. The molecule has 2 N–H and O–H groups in total. The Hall–Kier alpha value is -0.0800. The van der Waals surface area contributed by atoms with E-state index < -0.39 is 0 Å². The molecule has 3 rings (SSSR count). The Morgan fingerprint density at radius 3 is 2.70 bits per heavy atom. The molecule has 58 valence electrons. The predicted octanol–water partition coefficient (Wildman–Crippen LogP) is 0.489. The van der Waals surface area contributed by atoms with E-state index in [-0.39, 0.29) is 0 Å². The summed E-state index contributed by atoms with van der Waals surface area (Å²) in [4.78, 5) is 0. The molecule has 2 unspecified atom stereocenters. The SMILES string of the molecule is CC1(C)CC2CC(CN1)N2. The Labute approximate surface area is 62.4 Å². The van der Waals surface area contributed by atoms with Gasteiger partial charge in [0, 0.05) is 24.2 Å². The maximum Gasteiger partial charge on any atom is 0.0210 e. The molecule has 0 aromatic heterocycles. The molecule has 2 heteroatoms. The third-order valence-corrected chi connectivity index (χ3v) is 2.62. The topological polar surface area (TPSA) is 24.1 Å². The Morgan fingerprint density at radius 2 is 2.00 bits per heavy atom. The summed E-state index contributed by atoms with van der Waals surface area (Å²) in [7, 11) is 0. The van der Waals surface area contributed by atoms with E-state index in [1.807, 2.05) is 0 Å². The van der Waals surface area contributed by atoms with Gasteiger partial charge in [0.25, 0.3) is 0 Å². The van der Waals surface area contributed by atoms with Crippen molar-refractivity contribution in [2.24, 2.45) is 0 Å². The van der Waals surface area contributed by atoms with Gasteiger partial charge in [0.1, 0.15) is 0 Å². The third kappa shape index (κ3) is 1.06. The van der Waals surface area contributed by atoms with E-state index in [1.165, 1.54) is 12.8 Å². The molecule has 2 nitrogen and oxygen atoms in total. The highest BCUT2D eigenvalue weighted by Gasteiger charge is 2.36. The maximum absolute atomic E-state index is 3.55. The van der Waals surface area contributed by atoms with Gasteiger partial charge in [-0.05, 0) is 26.7 Å². The van der Waals surface area contributed by atoms with Crippen molar-refractivity contribution < 1.29 is 0 Å². The number of rotatable bonds is 0.